The van der Waals surface area contributed by atoms with Crippen LogP contribution >= 0.6 is 0 Å². The Kier molecular flexibility index (Phi) is 4.75. The van der Waals surface area contributed by atoms with Crippen LogP contribution in [-0.2, 0) is 14.3 Å². The lowest BCUT2D eigenvalue weighted by molar-refractivity contribution is -0.138. The highest BCUT2D eigenvalue weighted by atomic mass is 16.5. The third-order valence-electron chi connectivity index (χ3n) is 4.88. The van der Waals surface area contributed by atoms with Gasteiger partial charge in [-0.2, -0.15) is 0 Å². The van der Waals surface area contributed by atoms with E-state index in [1.807, 2.05) is 4.90 Å². The van der Waals surface area contributed by atoms with E-state index in [1.54, 1.807) is 0 Å². The van der Waals surface area contributed by atoms with Crippen LogP contribution in [0.3, 0.4) is 0 Å². The number of amides is 2. The number of nitrogens with one attached hydrogen (secondary N) is 2. The lowest BCUT2D eigenvalue weighted by Gasteiger charge is -2.36. The number of fused-ring (bicyclic) bond motifs is 1. The molecule has 3 aliphatic rings. The average molecular weight is 295 g/mol. The smallest absolute Gasteiger partial charge is 0.225 e. The van der Waals surface area contributed by atoms with Gasteiger partial charge >= 0.3 is 0 Å². The second-order valence-corrected chi connectivity index (χ2v) is 6.22. The molecule has 6 nitrogen and oxygen atoms in total. The van der Waals surface area contributed by atoms with Crippen molar-refractivity contribution in [3.63, 3.8) is 0 Å². The lowest BCUT2D eigenvalue weighted by Crippen LogP contribution is -2.49. The first-order chi connectivity index (χ1) is 10.3. The van der Waals surface area contributed by atoms with Gasteiger partial charge in [-0.05, 0) is 38.8 Å². The fourth-order valence-electron chi connectivity index (χ4n) is 3.68. The number of nitrogens with zero attached hydrogens (tertiary/aromatic N) is 1. The molecule has 21 heavy (non-hydrogen) atoms. The van der Waals surface area contributed by atoms with E-state index >= 15 is 0 Å². The Hall–Kier alpha value is -1.14. The molecule has 2 amide bonds. The molecule has 2 atom stereocenters. The first-order valence-corrected chi connectivity index (χ1v) is 8.15. The van der Waals surface area contributed by atoms with Crippen molar-refractivity contribution in [2.24, 2.45) is 5.92 Å². The summed E-state index contributed by atoms with van der Waals surface area (Å²) < 4.78 is 5.81. The summed E-state index contributed by atoms with van der Waals surface area (Å²) in [5.41, 5.74) is 0. The predicted octanol–water partition coefficient (Wildman–Crippen LogP) is -0.118. The second-order valence-electron chi connectivity index (χ2n) is 6.22. The quantitative estimate of drug-likeness (QED) is 0.759. The first-order valence-electron chi connectivity index (χ1n) is 8.15. The monoisotopic (exact) mass is 295 g/mol. The minimum absolute atomic E-state index is 0.00744. The SMILES string of the molecule is O=C1NCC2C1CCCN2C(=O)CCOC1CCNCC1. The second kappa shape index (κ2) is 6.75. The van der Waals surface area contributed by atoms with Gasteiger partial charge in [0, 0.05) is 13.1 Å². The van der Waals surface area contributed by atoms with E-state index in [2.05, 4.69) is 10.6 Å². The molecule has 0 aromatic carbocycles. The molecule has 2 N–H and O–H groups in total. The molecule has 3 aliphatic heterocycles. The normalized spacial score (nSPS) is 30.1. The standard InChI is InChI=1S/C15H25N3O3/c19-14(5-9-21-11-3-6-16-7-4-11)18-8-1-2-12-13(18)10-17-15(12)20/h11-13,16H,1-10H2,(H,17,20). The largest absolute Gasteiger partial charge is 0.378 e. The Labute approximate surface area is 125 Å². The van der Waals surface area contributed by atoms with E-state index in [4.69, 9.17) is 4.74 Å². The van der Waals surface area contributed by atoms with Crippen molar-refractivity contribution in [1.29, 1.82) is 0 Å². The molecule has 3 rings (SSSR count). The Bertz CT molecular complexity index is 396. The highest BCUT2D eigenvalue weighted by Gasteiger charge is 2.42. The maximum atomic E-state index is 12.4. The van der Waals surface area contributed by atoms with E-state index in [0.717, 1.165) is 45.3 Å². The summed E-state index contributed by atoms with van der Waals surface area (Å²) in [7, 11) is 0. The van der Waals surface area contributed by atoms with Gasteiger partial charge in [0.15, 0.2) is 0 Å². The zero-order valence-electron chi connectivity index (χ0n) is 12.5. The molecular weight excluding hydrogens is 270 g/mol. The van der Waals surface area contributed by atoms with Gasteiger partial charge in [0.25, 0.3) is 0 Å². The van der Waals surface area contributed by atoms with E-state index in [1.165, 1.54) is 0 Å². The van der Waals surface area contributed by atoms with Crippen LogP contribution in [0.4, 0.5) is 0 Å². The van der Waals surface area contributed by atoms with Gasteiger partial charge in [0.05, 0.1) is 31.1 Å². The number of piperidine rings is 2. The van der Waals surface area contributed by atoms with Gasteiger partial charge in [-0.15, -0.1) is 0 Å². The molecule has 0 aromatic heterocycles. The molecule has 6 heteroatoms. The maximum absolute atomic E-state index is 12.4. The minimum Gasteiger partial charge on any atom is -0.378 e. The third kappa shape index (κ3) is 3.37. The van der Waals surface area contributed by atoms with Gasteiger partial charge in [0.1, 0.15) is 0 Å². The number of carbonyl (C=O) groups is 2. The third-order valence-corrected chi connectivity index (χ3v) is 4.88. The highest BCUT2D eigenvalue weighted by molar-refractivity contribution is 5.84. The van der Waals surface area contributed by atoms with Crippen LogP contribution in [0.2, 0.25) is 0 Å². The van der Waals surface area contributed by atoms with Crippen LogP contribution in [0.5, 0.6) is 0 Å². The number of hydrogen-bond acceptors (Lipinski definition) is 4. The minimum atomic E-state index is 0.00744. The Morgan fingerprint density at radius 2 is 2.10 bits per heavy atom. The van der Waals surface area contributed by atoms with Gasteiger partial charge < -0.3 is 20.3 Å². The van der Waals surface area contributed by atoms with Crippen molar-refractivity contribution < 1.29 is 14.3 Å². The maximum Gasteiger partial charge on any atom is 0.225 e. The first kappa shape index (κ1) is 14.8. The Balaban J connectivity index is 1.45. The molecule has 3 fully saturated rings. The van der Waals surface area contributed by atoms with Crippen molar-refractivity contribution in [3.05, 3.63) is 0 Å². The van der Waals surface area contributed by atoms with E-state index < -0.39 is 0 Å². The zero-order chi connectivity index (χ0) is 14.7. The predicted molar refractivity (Wildman–Crippen MR) is 77.7 cm³/mol. The summed E-state index contributed by atoms with van der Waals surface area (Å²) in [6, 6.07) is 0.0673. The van der Waals surface area contributed by atoms with E-state index in [0.29, 0.717) is 25.7 Å². The summed E-state index contributed by atoms with van der Waals surface area (Å²) in [6.07, 6.45) is 4.62. The fraction of sp³-hybridized carbons (Fsp3) is 0.867. The fourth-order valence-corrected chi connectivity index (χ4v) is 3.68. The van der Waals surface area contributed by atoms with Crippen molar-refractivity contribution in [1.82, 2.24) is 15.5 Å². The average Bonchev–Trinajstić information content (AvgIpc) is 2.90. The zero-order valence-corrected chi connectivity index (χ0v) is 12.5. The van der Waals surface area contributed by atoms with Crippen LogP contribution in [0.25, 0.3) is 0 Å². The van der Waals surface area contributed by atoms with Gasteiger partial charge in [-0.1, -0.05) is 0 Å². The van der Waals surface area contributed by atoms with Crippen molar-refractivity contribution in [2.75, 3.05) is 32.8 Å². The molecule has 0 aromatic rings. The molecule has 0 radical (unpaired) electrons. The van der Waals surface area contributed by atoms with Crippen LogP contribution < -0.4 is 10.6 Å². The van der Waals surface area contributed by atoms with Crippen LogP contribution in [0.15, 0.2) is 0 Å². The summed E-state index contributed by atoms with van der Waals surface area (Å²) in [5.74, 6) is 0.256. The van der Waals surface area contributed by atoms with Gasteiger partial charge in [-0.25, -0.2) is 0 Å². The van der Waals surface area contributed by atoms with Gasteiger partial charge in [-0.3, -0.25) is 9.59 Å². The Morgan fingerprint density at radius 1 is 1.29 bits per heavy atom. The summed E-state index contributed by atoms with van der Waals surface area (Å²) in [6.45, 7) is 3.90. The molecule has 0 bridgehead atoms. The molecule has 0 saturated carbocycles. The van der Waals surface area contributed by atoms with Crippen molar-refractivity contribution in [2.45, 2.75) is 44.2 Å². The molecular formula is C15H25N3O3. The van der Waals surface area contributed by atoms with Gasteiger partial charge in [0.2, 0.25) is 11.8 Å². The highest BCUT2D eigenvalue weighted by Crippen LogP contribution is 2.27. The Morgan fingerprint density at radius 3 is 2.90 bits per heavy atom. The molecule has 3 saturated heterocycles. The molecule has 0 aliphatic carbocycles. The number of ether oxygens (including phenoxy) is 1. The molecule has 2 unspecified atom stereocenters. The topological polar surface area (TPSA) is 70.7 Å². The molecule has 3 heterocycles. The number of rotatable bonds is 4. The summed E-state index contributed by atoms with van der Waals surface area (Å²) in [5, 5.41) is 6.18. The van der Waals surface area contributed by atoms with Crippen molar-refractivity contribution in [3.8, 4) is 0 Å². The number of carbonyl (C=O) groups excluding carboxylic acids is 2. The van der Waals surface area contributed by atoms with Crippen LogP contribution in [0.1, 0.15) is 32.1 Å². The van der Waals surface area contributed by atoms with Crippen LogP contribution in [0, 0.1) is 5.92 Å². The number of likely N-dealkylation sites (tertiary alicyclic amines) is 1. The van der Waals surface area contributed by atoms with E-state index in [-0.39, 0.29) is 23.8 Å². The van der Waals surface area contributed by atoms with Crippen LogP contribution in [-0.4, -0.2) is 61.6 Å². The molecule has 0 spiro atoms. The lowest BCUT2D eigenvalue weighted by atomic mass is 9.91. The van der Waals surface area contributed by atoms with E-state index in [9.17, 15) is 9.59 Å². The summed E-state index contributed by atoms with van der Waals surface area (Å²) in [4.78, 5) is 26.0. The summed E-state index contributed by atoms with van der Waals surface area (Å²) >= 11 is 0. The molecule has 118 valence electrons. The van der Waals surface area contributed by atoms with Crippen molar-refractivity contribution >= 4 is 11.8 Å². The number of hydrogen-bond donors (Lipinski definition) is 2.